The molecule has 0 atom stereocenters. The van der Waals surface area contributed by atoms with Crippen LogP contribution in [0, 0.1) is 0 Å². The summed E-state index contributed by atoms with van der Waals surface area (Å²) in [6, 6.07) is 7.07. The standard InChI is InChI=1S/C29H40N8O5Si/c1-29(2,39)8-9-41-21-6-7-22-24(12-21)42-28(35-22)36-15-19(16-36)23-14-31-27(25(34-23)26(30)38)33-20-13-32-37(17-20)18-40-10-11-43(3,4)5/h6-7,12-14,17,19,39H,8-11,15-16,18H2,1-5H3,(H2,30,38)(H,31,33). The van der Waals surface area contributed by atoms with Crippen LogP contribution in [0.2, 0.25) is 25.7 Å². The highest BCUT2D eigenvalue weighted by molar-refractivity contribution is 6.76. The van der Waals surface area contributed by atoms with Crippen molar-refractivity contribution in [2.45, 2.75) is 64.2 Å². The number of fused-ring (bicyclic) bond motifs is 1. The second kappa shape index (κ2) is 12.3. The first kappa shape index (κ1) is 30.4. The van der Waals surface area contributed by atoms with E-state index < -0.39 is 19.6 Å². The number of carbonyl (C=O) groups is 1. The molecule has 4 heterocycles. The predicted molar refractivity (Wildman–Crippen MR) is 166 cm³/mol. The number of ether oxygens (including phenoxy) is 2. The van der Waals surface area contributed by atoms with Crippen LogP contribution in [-0.4, -0.2) is 75.7 Å². The number of rotatable bonds is 14. The van der Waals surface area contributed by atoms with Gasteiger partial charge in [0.25, 0.3) is 11.9 Å². The Hall–Kier alpha value is -4.01. The van der Waals surface area contributed by atoms with E-state index >= 15 is 0 Å². The van der Waals surface area contributed by atoms with Gasteiger partial charge in [-0.25, -0.2) is 14.6 Å². The number of hydrogen-bond acceptors (Lipinski definition) is 11. The Balaban J connectivity index is 1.18. The molecule has 1 fully saturated rings. The fourth-order valence-corrected chi connectivity index (χ4v) is 5.15. The molecule has 4 N–H and O–H groups in total. The molecule has 230 valence electrons. The van der Waals surface area contributed by atoms with E-state index in [4.69, 9.17) is 19.6 Å². The van der Waals surface area contributed by atoms with Crippen LogP contribution in [-0.2, 0) is 11.5 Å². The second-order valence-electron chi connectivity index (χ2n) is 12.7. The number of nitrogens with zero attached hydrogens (tertiary/aromatic N) is 6. The van der Waals surface area contributed by atoms with E-state index in [0.717, 1.165) is 11.6 Å². The van der Waals surface area contributed by atoms with Crippen molar-refractivity contribution >= 4 is 42.6 Å². The molecule has 5 rings (SSSR count). The minimum Gasteiger partial charge on any atom is -0.493 e. The van der Waals surface area contributed by atoms with Crippen LogP contribution in [0.15, 0.2) is 41.2 Å². The highest BCUT2D eigenvalue weighted by Crippen LogP contribution is 2.34. The van der Waals surface area contributed by atoms with Gasteiger partial charge in [0, 0.05) is 46.2 Å². The van der Waals surface area contributed by atoms with Crippen molar-refractivity contribution in [3.63, 3.8) is 0 Å². The van der Waals surface area contributed by atoms with E-state index in [1.807, 2.05) is 17.0 Å². The van der Waals surface area contributed by atoms with Crippen LogP contribution >= 0.6 is 0 Å². The maximum atomic E-state index is 12.3. The molecule has 1 aromatic carbocycles. The molecule has 1 saturated heterocycles. The molecule has 1 aliphatic rings. The number of primary amides is 1. The summed E-state index contributed by atoms with van der Waals surface area (Å²) in [6.07, 6.45) is 5.59. The third-order valence-corrected chi connectivity index (χ3v) is 8.75. The number of oxazole rings is 1. The van der Waals surface area contributed by atoms with E-state index in [9.17, 15) is 9.90 Å². The number of nitrogens with two attached hydrogens (primary N) is 1. The minimum atomic E-state index is -1.16. The Morgan fingerprint density at radius 1 is 1.21 bits per heavy atom. The summed E-state index contributed by atoms with van der Waals surface area (Å²) < 4.78 is 19.2. The zero-order valence-corrected chi connectivity index (χ0v) is 26.3. The third kappa shape index (κ3) is 8.09. The summed E-state index contributed by atoms with van der Waals surface area (Å²) in [4.78, 5) is 27.9. The molecule has 43 heavy (non-hydrogen) atoms. The lowest BCUT2D eigenvalue weighted by Crippen LogP contribution is -2.45. The lowest BCUT2D eigenvalue weighted by molar-refractivity contribution is 0.0553. The molecule has 0 spiro atoms. The van der Waals surface area contributed by atoms with Gasteiger partial charge in [-0.1, -0.05) is 19.6 Å². The molecule has 3 aromatic heterocycles. The number of aliphatic hydroxyl groups is 1. The molecule has 0 saturated carbocycles. The Labute approximate surface area is 251 Å². The first-order valence-corrected chi connectivity index (χ1v) is 18.1. The SMILES string of the molecule is CC(C)(O)CCOc1ccc2nc(N3CC(c4cnc(Nc5cnn(COCC[Si](C)(C)C)c5)c(C(N)=O)n4)C3)oc2c1. The normalized spacial score (nSPS) is 14.2. The molecule has 14 heteroatoms. The number of hydrogen-bond donors (Lipinski definition) is 3. The van der Waals surface area contributed by atoms with Crippen molar-refractivity contribution < 1.29 is 23.8 Å². The van der Waals surface area contributed by atoms with Gasteiger partial charge in [0.15, 0.2) is 17.1 Å². The van der Waals surface area contributed by atoms with Crippen LogP contribution in [0.1, 0.15) is 42.4 Å². The number of amides is 1. The Morgan fingerprint density at radius 3 is 2.72 bits per heavy atom. The third-order valence-electron chi connectivity index (χ3n) is 7.04. The molecule has 1 aliphatic heterocycles. The van der Waals surface area contributed by atoms with Crippen LogP contribution in [0.4, 0.5) is 17.5 Å². The van der Waals surface area contributed by atoms with Gasteiger partial charge in [-0.2, -0.15) is 10.1 Å². The summed E-state index contributed by atoms with van der Waals surface area (Å²) in [5, 5.41) is 17.3. The van der Waals surface area contributed by atoms with Crippen molar-refractivity contribution in [2.75, 3.05) is 36.5 Å². The van der Waals surface area contributed by atoms with Gasteiger partial charge in [0.05, 0.1) is 42.2 Å². The van der Waals surface area contributed by atoms with Crippen LogP contribution in [0.5, 0.6) is 5.75 Å². The fraction of sp³-hybridized carbons (Fsp3) is 0.483. The smallest absolute Gasteiger partial charge is 0.298 e. The summed E-state index contributed by atoms with van der Waals surface area (Å²) in [7, 11) is -1.16. The van der Waals surface area contributed by atoms with Crippen molar-refractivity contribution in [3.8, 4) is 5.75 Å². The number of aromatic nitrogens is 5. The maximum absolute atomic E-state index is 12.3. The van der Waals surface area contributed by atoms with Crippen LogP contribution in [0.3, 0.4) is 0 Å². The van der Waals surface area contributed by atoms with Gasteiger partial charge in [0.2, 0.25) is 0 Å². The molecular weight excluding hydrogens is 568 g/mol. The summed E-state index contributed by atoms with van der Waals surface area (Å²) >= 11 is 0. The predicted octanol–water partition coefficient (Wildman–Crippen LogP) is 4.11. The lowest BCUT2D eigenvalue weighted by Gasteiger charge is -2.37. The molecule has 0 bridgehead atoms. The van der Waals surface area contributed by atoms with E-state index in [1.165, 1.54) is 0 Å². The molecule has 4 aromatic rings. The molecule has 1 amide bonds. The molecular formula is C29H40N8O5Si. The maximum Gasteiger partial charge on any atom is 0.298 e. The molecule has 0 radical (unpaired) electrons. The summed E-state index contributed by atoms with van der Waals surface area (Å²) in [5.41, 5.74) is 7.60. The van der Waals surface area contributed by atoms with E-state index in [-0.39, 0.29) is 17.4 Å². The van der Waals surface area contributed by atoms with Gasteiger partial charge in [0.1, 0.15) is 18.0 Å². The second-order valence-corrected chi connectivity index (χ2v) is 18.4. The average Bonchev–Trinajstić information content (AvgIpc) is 3.51. The number of benzene rings is 1. The molecule has 13 nitrogen and oxygen atoms in total. The molecule has 0 aliphatic carbocycles. The lowest BCUT2D eigenvalue weighted by atomic mass is 9.97. The van der Waals surface area contributed by atoms with E-state index in [1.54, 1.807) is 43.2 Å². The van der Waals surface area contributed by atoms with Crippen molar-refractivity contribution in [1.29, 1.82) is 0 Å². The number of anilines is 3. The van der Waals surface area contributed by atoms with Gasteiger partial charge in [-0.3, -0.25) is 4.79 Å². The van der Waals surface area contributed by atoms with E-state index in [0.29, 0.717) is 68.2 Å². The Kier molecular flexibility index (Phi) is 8.71. The average molecular weight is 609 g/mol. The number of nitrogens with one attached hydrogen (secondary N) is 1. The zero-order valence-electron chi connectivity index (χ0n) is 25.3. The topological polar surface area (TPSA) is 167 Å². The summed E-state index contributed by atoms with van der Waals surface area (Å²) in [5.74, 6) is 0.286. The van der Waals surface area contributed by atoms with Crippen LogP contribution in [0.25, 0.3) is 11.1 Å². The highest BCUT2D eigenvalue weighted by atomic mass is 28.3. The van der Waals surface area contributed by atoms with Gasteiger partial charge >= 0.3 is 0 Å². The molecule has 0 unspecified atom stereocenters. The first-order valence-electron chi connectivity index (χ1n) is 14.4. The highest BCUT2D eigenvalue weighted by Gasteiger charge is 2.33. The van der Waals surface area contributed by atoms with E-state index in [2.05, 4.69) is 45.0 Å². The quantitative estimate of drug-likeness (QED) is 0.139. The van der Waals surface area contributed by atoms with Crippen molar-refractivity contribution in [3.05, 3.63) is 48.2 Å². The van der Waals surface area contributed by atoms with Gasteiger partial charge < -0.3 is 34.9 Å². The first-order chi connectivity index (χ1) is 20.3. The number of carbonyl (C=O) groups excluding carboxylic acids is 1. The van der Waals surface area contributed by atoms with Crippen molar-refractivity contribution in [1.82, 2.24) is 24.7 Å². The largest absolute Gasteiger partial charge is 0.493 e. The Bertz CT molecular complexity index is 1570. The fourth-order valence-electron chi connectivity index (χ4n) is 4.39. The monoisotopic (exact) mass is 608 g/mol. The Morgan fingerprint density at radius 2 is 2.00 bits per heavy atom. The van der Waals surface area contributed by atoms with Crippen LogP contribution < -0.4 is 20.7 Å². The minimum absolute atomic E-state index is 0.0338. The zero-order chi connectivity index (χ0) is 30.8. The van der Waals surface area contributed by atoms with Gasteiger partial charge in [-0.05, 0) is 32.0 Å². The summed E-state index contributed by atoms with van der Waals surface area (Å²) in [6.45, 7) is 13.1. The van der Waals surface area contributed by atoms with Crippen molar-refractivity contribution in [2.24, 2.45) is 5.73 Å². The van der Waals surface area contributed by atoms with Gasteiger partial charge in [-0.15, -0.1) is 0 Å².